The van der Waals surface area contributed by atoms with Crippen LogP contribution in [0.5, 0.6) is 0 Å². The van der Waals surface area contributed by atoms with Gasteiger partial charge in [-0.3, -0.25) is 0 Å². The minimum Gasteiger partial charge on any atom is -0.358 e. The van der Waals surface area contributed by atoms with Crippen LogP contribution < -0.4 is 5.73 Å². The van der Waals surface area contributed by atoms with Crippen molar-refractivity contribution in [2.24, 2.45) is 5.73 Å². The van der Waals surface area contributed by atoms with Crippen LogP contribution in [0.1, 0.15) is 18.5 Å². The number of aromatic amines is 1. The average Bonchev–Trinajstić information content (AvgIpc) is 2.77. The van der Waals surface area contributed by atoms with Crippen LogP contribution in [0.3, 0.4) is 0 Å². The molecule has 3 N–H and O–H groups in total. The summed E-state index contributed by atoms with van der Waals surface area (Å²) in [6.45, 7) is 0. The minimum atomic E-state index is 0.0981. The Morgan fingerprint density at radius 2 is 2.07 bits per heavy atom. The third kappa shape index (κ3) is 1.32. The van der Waals surface area contributed by atoms with Crippen molar-refractivity contribution < 1.29 is 0 Å². The lowest BCUT2D eigenvalue weighted by Crippen LogP contribution is -2.24. The van der Waals surface area contributed by atoms with E-state index in [1.807, 2.05) is 0 Å². The molecule has 1 aliphatic rings. The Morgan fingerprint density at radius 1 is 1.29 bits per heavy atom. The summed E-state index contributed by atoms with van der Waals surface area (Å²) in [5.74, 6) is 0. The van der Waals surface area contributed by atoms with Crippen molar-refractivity contribution in [2.45, 2.75) is 24.8 Å². The van der Waals surface area contributed by atoms with Crippen LogP contribution in [0.2, 0.25) is 0 Å². The maximum atomic E-state index is 6.08. The topological polar surface area (TPSA) is 41.8 Å². The fourth-order valence-electron chi connectivity index (χ4n) is 1.95. The van der Waals surface area contributed by atoms with Gasteiger partial charge < -0.3 is 10.7 Å². The predicted octanol–water partition coefficient (Wildman–Crippen LogP) is 2.20. The Morgan fingerprint density at radius 3 is 2.79 bits per heavy atom. The van der Waals surface area contributed by atoms with Crippen LogP contribution in [-0.4, -0.2) is 10.5 Å². The number of nitrogens with one attached hydrogen (secondary N) is 1. The van der Waals surface area contributed by atoms with Gasteiger partial charge in [0.1, 0.15) is 0 Å². The maximum Gasteiger partial charge on any atom is 0.0456 e. The normalized spacial score (nSPS) is 18.6. The molecule has 0 atom stereocenters. The van der Waals surface area contributed by atoms with Gasteiger partial charge in [0.05, 0.1) is 0 Å². The van der Waals surface area contributed by atoms with Gasteiger partial charge in [0.2, 0.25) is 0 Å². The molecule has 0 aliphatic heterocycles. The minimum absolute atomic E-state index is 0.0981. The number of aromatic nitrogens is 1. The number of hydrogen-bond acceptors (Lipinski definition) is 1. The molecule has 3 rings (SSSR count). The standard InChI is InChI=1S/C12H14N2/c13-12(5-6-12)8-10-7-9-3-1-2-4-11(9)14-10/h1-4,7,14H,5-6,8,13H2. The molecular formula is C12H14N2. The van der Waals surface area contributed by atoms with Gasteiger partial charge in [-0.15, -0.1) is 0 Å². The average molecular weight is 186 g/mol. The Balaban J connectivity index is 1.98. The summed E-state index contributed by atoms with van der Waals surface area (Å²) < 4.78 is 0. The highest BCUT2D eigenvalue weighted by molar-refractivity contribution is 5.80. The second kappa shape index (κ2) is 2.61. The molecular weight excluding hydrogens is 172 g/mol. The van der Waals surface area contributed by atoms with E-state index in [0.29, 0.717) is 0 Å². The summed E-state index contributed by atoms with van der Waals surface area (Å²) in [6.07, 6.45) is 3.33. The molecule has 1 aromatic heterocycles. The zero-order valence-electron chi connectivity index (χ0n) is 8.09. The largest absolute Gasteiger partial charge is 0.358 e. The van der Waals surface area contributed by atoms with Crippen molar-refractivity contribution in [2.75, 3.05) is 0 Å². The van der Waals surface area contributed by atoms with Crippen molar-refractivity contribution >= 4 is 10.9 Å². The van der Waals surface area contributed by atoms with E-state index in [1.54, 1.807) is 0 Å². The van der Waals surface area contributed by atoms with E-state index in [2.05, 4.69) is 35.3 Å². The molecule has 2 heteroatoms. The Kier molecular flexibility index (Phi) is 1.50. The molecule has 0 spiro atoms. The van der Waals surface area contributed by atoms with Gasteiger partial charge >= 0.3 is 0 Å². The monoisotopic (exact) mass is 186 g/mol. The van der Waals surface area contributed by atoms with Gasteiger partial charge in [-0.25, -0.2) is 0 Å². The van der Waals surface area contributed by atoms with Crippen LogP contribution in [-0.2, 0) is 6.42 Å². The van der Waals surface area contributed by atoms with E-state index in [1.165, 1.54) is 29.4 Å². The lowest BCUT2D eigenvalue weighted by Gasteiger charge is -2.04. The van der Waals surface area contributed by atoms with E-state index in [0.717, 1.165) is 6.42 Å². The number of benzene rings is 1. The predicted molar refractivity (Wildman–Crippen MR) is 58.2 cm³/mol. The van der Waals surface area contributed by atoms with Gasteiger partial charge in [0.25, 0.3) is 0 Å². The van der Waals surface area contributed by atoms with E-state index in [-0.39, 0.29) is 5.54 Å². The first-order valence-corrected chi connectivity index (χ1v) is 5.11. The first kappa shape index (κ1) is 8.06. The number of para-hydroxylation sites is 1. The maximum absolute atomic E-state index is 6.08. The number of rotatable bonds is 2. The van der Waals surface area contributed by atoms with Gasteiger partial charge in [0.15, 0.2) is 0 Å². The second-order valence-corrected chi connectivity index (χ2v) is 4.42. The van der Waals surface area contributed by atoms with E-state index >= 15 is 0 Å². The number of hydrogen-bond donors (Lipinski definition) is 2. The van der Waals surface area contributed by atoms with Crippen molar-refractivity contribution in [3.05, 3.63) is 36.0 Å². The molecule has 1 aliphatic carbocycles. The van der Waals surface area contributed by atoms with Gasteiger partial charge in [-0.05, 0) is 30.4 Å². The molecule has 1 saturated carbocycles. The number of nitrogens with two attached hydrogens (primary N) is 1. The molecule has 0 bridgehead atoms. The summed E-state index contributed by atoms with van der Waals surface area (Å²) in [5.41, 5.74) is 8.66. The third-order valence-electron chi connectivity index (χ3n) is 3.02. The highest BCUT2D eigenvalue weighted by Gasteiger charge is 2.38. The van der Waals surface area contributed by atoms with E-state index < -0.39 is 0 Å². The highest BCUT2D eigenvalue weighted by atomic mass is 14.8. The summed E-state index contributed by atoms with van der Waals surface area (Å²) in [5, 5.41) is 1.28. The number of H-pyrrole nitrogens is 1. The van der Waals surface area contributed by atoms with Crippen molar-refractivity contribution in [3.8, 4) is 0 Å². The third-order valence-corrected chi connectivity index (χ3v) is 3.02. The fourth-order valence-corrected chi connectivity index (χ4v) is 1.95. The second-order valence-electron chi connectivity index (χ2n) is 4.42. The van der Waals surface area contributed by atoms with Crippen LogP contribution in [0, 0.1) is 0 Å². The van der Waals surface area contributed by atoms with Gasteiger partial charge in [-0.1, -0.05) is 18.2 Å². The smallest absolute Gasteiger partial charge is 0.0456 e. The molecule has 1 fully saturated rings. The summed E-state index contributed by atoms with van der Waals surface area (Å²) in [7, 11) is 0. The lowest BCUT2D eigenvalue weighted by atomic mass is 10.1. The molecule has 2 nitrogen and oxygen atoms in total. The molecule has 0 radical (unpaired) electrons. The zero-order chi connectivity index (χ0) is 9.60. The molecule has 1 heterocycles. The first-order chi connectivity index (χ1) is 6.75. The Bertz CT molecular complexity index is 433. The van der Waals surface area contributed by atoms with Crippen LogP contribution >= 0.6 is 0 Å². The van der Waals surface area contributed by atoms with Crippen LogP contribution in [0.25, 0.3) is 10.9 Å². The molecule has 0 unspecified atom stereocenters. The van der Waals surface area contributed by atoms with Gasteiger partial charge in [0, 0.05) is 23.2 Å². The van der Waals surface area contributed by atoms with Crippen molar-refractivity contribution in [1.82, 2.24) is 4.98 Å². The molecule has 14 heavy (non-hydrogen) atoms. The van der Waals surface area contributed by atoms with Crippen molar-refractivity contribution in [1.29, 1.82) is 0 Å². The number of fused-ring (bicyclic) bond motifs is 1. The summed E-state index contributed by atoms with van der Waals surface area (Å²) >= 11 is 0. The summed E-state index contributed by atoms with van der Waals surface area (Å²) in [4.78, 5) is 3.41. The van der Waals surface area contributed by atoms with Gasteiger partial charge in [-0.2, -0.15) is 0 Å². The Labute approximate surface area is 83.1 Å². The first-order valence-electron chi connectivity index (χ1n) is 5.11. The molecule has 0 saturated heterocycles. The van der Waals surface area contributed by atoms with Crippen molar-refractivity contribution in [3.63, 3.8) is 0 Å². The highest BCUT2D eigenvalue weighted by Crippen LogP contribution is 2.35. The fraction of sp³-hybridized carbons (Fsp3) is 0.333. The van der Waals surface area contributed by atoms with Crippen LogP contribution in [0.15, 0.2) is 30.3 Å². The molecule has 72 valence electrons. The molecule has 2 aromatic rings. The SMILES string of the molecule is NC1(Cc2cc3ccccc3[nH]2)CC1. The van der Waals surface area contributed by atoms with E-state index in [9.17, 15) is 0 Å². The molecule has 0 amide bonds. The quantitative estimate of drug-likeness (QED) is 0.741. The Hall–Kier alpha value is -1.28. The van der Waals surface area contributed by atoms with E-state index in [4.69, 9.17) is 5.73 Å². The summed E-state index contributed by atoms with van der Waals surface area (Å²) in [6, 6.07) is 10.6. The zero-order valence-corrected chi connectivity index (χ0v) is 8.09. The lowest BCUT2D eigenvalue weighted by molar-refractivity contribution is 0.663. The molecule has 1 aromatic carbocycles. The van der Waals surface area contributed by atoms with Crippen LogP contribution in [0.4, 0.5) is 0 Å².